The second-order valence-corrected chi connectivity index (χ2v) is 15.8. The van der Waals surface area contributed by atoms with Crippen LogP contribution in [0.1, 0.15) is 0 Å². The number of hydrogen-bond acceptors (Lipinski definition) is 5. The van der Waals surface area contributed by atoms with E-state index in [1.165, 1.54) is 0 Å². The highest BCUT2D eigenvalue weighted by Crippen LogP contribution is 2.47. The molecule has 0 aliphatic rings. The molecule has 0 amide bonds. The zero-order valence-electron chi connectivity index (χ0n) is 34.0. The van der Waals surface area contributed by atoms with Crippen LogP contribution in [-0.4, -0.2) is 19.9 Å². The van der Waals surface area contributed by atoms with Gasteiger partial charge in [0.25, 0.3) is 0 Å². The van der Waals surface area contributed by atoms with Crippen molar-refractivity contribution in [2.75, 3.05) is 0 Å². The summed E-state index contributed by atoms with van der Waals surface area (Å²) in [4.78, 5) is 20.6. The number of hydrogen-bond donors (Lipinski definition) is 0. The molecule has 3 aromatic heterocycles. The Morgan fingerprint density at radius 1 is 0.270 bits per heavy atom. The van der Waals surface area contributed by atoms with E-state index in [4.69, 9.17) is 24.4 Å². The smallest absolute Gasteiger partial charge is 0.164 e. The number of benzene rings is 9. The quantitative estimate of drug-likeness (QED) is 0.150. The van der Waals surface area contributed by atoms with E-state index in [1.54, 1.807) is 0 Å². The fourth-order valence-electron chi connectivity index (χ4n) is 8.93. The monoisotopic (exact) mass is 804 g/mol. The van der Waals surface area contributed by atoms with E-state index in [0.29, 0.717) is 17.5 Å². The van der Waals surface area contributed by atoms with Gasteiger partial charge in [0.2, 0.25) is 0 Å². The van der Waals surface area contributed by atoms with Crippen molar-refractivity contribution in [2.45, 2.75) is 0 Å². The number of para-hydroxylation sites is 2. The molecule has 0 saturated heterocycles. The van der Waals surface area contributed by atoms with E-state index in [2.05, 4.69) is 170 Å². The number of furan rings is 1. The van der Waals surface area contributed by atoms with Crippen molar-refractivity contribution in [3.05, 3.63) is 218 Å². The van der Waals surface area contributed by atoms with Crippen LogP contribution < -0.4 is 0 Å². The van der Waals surface area contributed by atoms with Gasteiger partial charge in [-0.1, -0.05) is 182 Å². The molecule has 0 radical (unpaired) electrons. The van der Waals surface area contributed by atoms with Crippen LogP contribution in [-0.2, 0) is 0 Å². The predicted octanol–water partition coefficient (Wildman–Crippen LogP) is 15.1. The lowest BCUT2D eigenvalue weighted by atomic mass is 9.88. The molecule has 12 aromatic rings. The average molecular weight is 805 g/mol. The van der Waals surface area contributed by atoms with Gasteiger partial charge in [-0.05, 0) is 64.2 Å². The lowest BCUT2D eigenvalue weighted by Crippen LogP contribution is -2.00. The standard InChI is InChI=1S/C58H36N4O/c1-4-17-37(18-5-1)40-23-15-27-44(34-40)57-60-56(39-21-8-3-9-22-39)61-58(62-57)45-28-16-25-42(35-45)41-24-14-26-43(33-41)52-53-46-29-10-12-31-49(46)59-55(38-19-6-2-7-20-38)48(53)36-51-54(52)47-30-11-13-32-50(47)63-51/h1-36H. The first kappa shape index (κ1) is 36.3. The van der Waals surface area contributed by atoms with Crippen molar-refractivity contribution < 1.29 is 4.42 Å². The predicted molar refractivity (Wildman–Crippen MR) is 258 cm³/mol. The molecule has 0 unspecified atom stereocenters. The van der Waals surface area contributed by atoms with Crippen LogP contribution in [0.4, 0.5) is 0 Å². The van der Waals surface area contributed by atoms with Crippen molar-refractivity contribution in [3.63, 3.8) is 0 Å². The van der Waals surface area contributed by atoms with E-state index in [1.807, 2.05) is 48.5 Å². The zero-order valence-corrected chi connectivity index (χ0v) is 34.0. The molecule has 9 aromatic carbocycles. The van der Waals surface area contributed by atoms with Crippen LogP contribution in [0.25, 0.3) is 122 Å². The fraction of sp³-hybridized carbons (Fsp3) is 0. The first-order chi connectivity index (χ1) is 31.2. The molecular formula is C58H36N4O. The van der Waals surface area contributed by atoms with Crippen molar-refractivity contribution in [1.82, 2.24) is 19.9 Å². The molecule has 0 fully saturated rings. The molecule has 0 atom stereocenters. The van der Waals surface area contributed by atoms with E-state index < -0.39 is 0 Å². The molecule has 0 N–H and O–H groups in total. The van der Waals surface area contributed by atoms with Crippen LogP contribution in [0, 0.1) is 0 Å². The molecule has 5 nitrogen and oxygen atoms in total. The summed E-state index contributed by atoms with van der Waals surface area (Å²) in [5, 5.41) is 5.45. The topological polar surface area (TPSA) is 64.7 Å². The Balaban J connectivity index is 1.04. The summed E-state index contributed by atoms with van der Waals surface area (Å²) in [7, 11) is 0. The second-order valence-electron chi connectivity index (χ2n) is 15.8. The molecule has 0 spiro atoms. The number of fused-ring (bicyclic) bond motifs is 6. The highest BCUT2D eigenvalue weighted by Gasteiger charge is 2.22. The van der Waals surface area contributed by atoms with Crippen LogP contribution in [0.15, 0.2) is 223 Å². The number of aromatic nitrogens is 4. The minimum absolute atomic E-state index is 0.606. The fourth-order valence-corrected chi connectivity index (χ4v) is 8.93. The Labute approximate surface area is 363 Å². The van der Waals surface area contributed by atoms with Gasteiger partial charge in [0.1, 0.15) is 11.2 Å². The molecule has 0 aliphatic carbocycles. The van der Waals surface area contributed by atoms with Gasteiger partial charge < -0.3 is 4.42 Å². The molecule has 5 heteroatoms. The largest absolute Gasteiger partial charge is 0.456 e. The minimum Gasteiger partial charge on any atom is -0.456 e. The maximum Gasteiger partial charge on any atom is 0.164 e. The van der Waals surface area contributed by atoms with Gasteiger partial charge in [-0.25, -0.2) is 19.9 Å². The van der Waals surface area contributed by atoms with Crippen LogP contribution >= 0.6 is 0 Å². The summed E-state index contributed by atoms with van der Waals surface area (Å²) in [6.45, 7) is 0. The molecule has 3 heterocycles. The van der Waals surface area contributed by atoms with Crippen LogP contribution in [0.5, 0.6) is 0 Å². The molecule has 0 saturated carbocycles. The lowest BCUT2D eigenvalue weighted by molar-refractivity contribution is 0.669. The van der Waals surface area contributed by atoms with Gasteiger partial charge in [0.15, 0.2) is 17.5 Å². The third-order valence-electron chi connectivity index (χ3n) is 11.9. The molecule has 12 rings (SSSR count). The second kappa shape index (κ2) is 15.2. The van der Waals surface area contributed by atoms with Crippen molar-refractivity contribution in [2.24, 2.45) is 0 Å². The van der Waals surface area contributed by atoms with Gasteiger partial charge in [0.05, 0.1) is 11.2 Å². The third kappa shape index (κ3) is 6.51. The first-order valence-electron chi connectivity index (χ1n) is 21.1. The maximum absolute atomic E-state index is 6.67. The molecule has 63 heavy (non-hydrogen) atoms. The summed E-state index contributed by atoms with van der Waals surface area (Å²) in [6, 6.07) is 75.7. The molecule has 294 valence electrons. The van der Waals surface area contributed by atoms with Gasteiger partial charge in [-0.3, -0.25) is 0 Å². The lowest BCUT2D eigenvalue weighted by Gasteiger charge is -2.16. The van der Waals surface area contributed by atoms with Crippen molar-refractivity contribution >= 4 is 43.6 Å². The summed E-state index contributed by atoms with van der Waals surface area (Å²) in [5.74, 6) is 1.85. The molecule has 0 bridgehead atoms. The van der Waals surface area contributed by atoms with E-state index in [0.717, 1.165) is 105 Å². The highest BCUT2D eigenvalue weighted by atomic mass is 16.3. The Bertz CT molecular complexity index is 3680. The Morgan fingerprint density at radius 2 is 0.730 bits per heavy atom. The first-order valence-corrected chi connectivity index (χ1v) is 21.1. The van der Waals surface area contributed by atoms with Gasteiger partial charge in [0, 0.05) is 54.7 Å². The molecule has 0 aliphatic heterocycles. The van der Waals surface area contributed by atoms with Gasteiger partial charge in [-0.15, -0.1) is 0 Å². The Kier molecular flexibility index (Phi) is 8.75. The van der Waals surface area contributed by atoms with E-state index in [9.17, 15) is 0 Å². The van der Waals surface area contributed by atoms with Crippen LogP contribution in [0.2, 0.25) is 0 Å². The summed E-state index contributed by atoms with van der Waals surface area (Å²) in [5.41, 5.74) is 13.9. The highest BCUT2D eigenvalue weighted by molar-refractivity contribution is 6.27. The Morgan fingerprint density at radius 3 is 1.38 bits per heavy atom. The number of rotatable bonds is 7. The maximum atomic E-state index is 6.67. The summed E-state index contributed by atoms with van der Waals surface area (Å²) >= 11 is 0. The number of nitrogens with zero attached hydrogens (tertiary/aromatic N) is 4. The van der Waals surface area contributed by atoms with Crippen molar-refractivity contribution in [1.29, 1.82) is 0 Å². The minimum atomic E-state index is 0.606. The normalized spacial score (nSPS) is 11.5. The summed E-state index contributed by atoms with van der Waals surface area (Å²) < 4.78 is 6.67. The van der Waals surface area contributed by atoms with Crippen LogP contribution in [0.3, 0.4) is 0 Å². The zero-order chi connectivity index (χ0) is 41.7. The van der Waals surface area contributed by atoms with E-state index in [-0.39, 0.29) is 0 Å². The van der Waals surface area contributed by atoms with Crippen molar-refractivity contribution in [3.8, 4) is 78.8 Å². The van der Waals surface area contributed by atoms with Gasteiger partial charge >= 0.3 is 0 Å². The molecular weight excluding hydrogens is 769 g/mol. The average Bonchev–Trinajstić information content (AvgIpc) is 3.74. The third-order valence-corrected chi connectivity index (χ3v) is 11.9. The number of pyridine rings is 1. The SMILES string of the molecule is c1ccc(-c2cccc(-c3nc(-c4ccccc4)nc(-c4cccc(-c5cccc(-c6c7c(cc8c(-c9ccccc9)nc9ccccc9c68)oc6ccccc67)c5)c4)n3)c2)cc1. The van der Waals surface area contributed by atoms with E-state index >= 15 is 0 Å². The van der Waals surface area contributed by atoms with Gasteiger partial charge in [-0.2, -0.15) is 0 Å². The summed E-state index contributed by atoms with van der Waals surface area (Å²) in [6.07, 6.45) is 0. The Hall–Kier alpha value is -8.54.